The molecule has 154 valence electrons. The van der Waals surface area contributed by atoms with Gasteiger partial charge in [-0.05, 0) is 36.8 Å². The minimum Gasteiger partial charge on any atom is -0.459 e. The maximum atomic E-state index is 12.9. The number of pyridine rings is 2. The number of rotatable bonds is 2. The minimum absolute atomic E-state index is 0. The molecule has 1 saturated heterocycles. The van der Waals surface area contributed by atoms with Gasteiger partial charge < -0.3 is 14.2 Å². The van der Waals surface area contributed by atoms with Crippen molar-refractivity contribution in [2.75, 3.05) is 31.1 Å². The van der Waals surface area contributed by atoms with Crippen molar-refractivity contribution in [2.24, 2.45) is 0 Å². The van der Waals surface area contributed by atoms with Crippen LogP contribution in [0.25, 0.3) is 10.9 Å². The third-order valence-electron chi connectivity index (χ3n) is 4.70. The molecule has 4 heterocycles. The van der Waals surface area contributed by atoms with Crippen LogP contribution in [0.4, 0.5) is 19.0 Å². The SMILES string of the molecule is Cl.O=C(c1ccco1)N1CCCN(c2nccc3nc(C(F)(F)F)ccc23)CC1. The Hall–Kier alpha value is -2.81. The highest BCUT2D eigenvalue weighted by atomic mass is 35.5. The predicted molar refractivity (Wildman–Crippen MR) is 103 cm³/mol. The Bertz CT molecular complexity index is 995. The molecule has 0 N–H and O–H groups in total. The molecule has 0 atom stereocenters. The Balaban J connectivity index is 0.00000240. The van der Waals surface area contributed by atoms with E-state index in [0.717, 1.165) is 6.07 Å². The van der Waals surface area contributed by atoms with Crippen LogP contribution >= 0.6 is 12.4 Å². The molecule has 0 spiro atoms. The van der Waals surface area contributed by atoms with E-state index in [2.05, 4.69) is 9.97 Å². The molecular weight excluding hydrogens is 409 g/mol. The number of carbonyl (C=O) groups excluding carboxylic acids is 1. The highest BCUT2D eigenvalue weighted by molar-refractivity contribution is 5.92. The lowest BCUT2D eigenvalue weighted by Crippen LogP contribution is -2.35. The second kappa shape index (κ2) is 8.28. The van der Waals surface area contributed by atoms with Crippen molar-refractivity contribution in [3.63, 3.8) is 0 Å². The van der Waals surface area contributed by atoms with Crippen LogP contribution in [-0.4, -0.2) is 47.0 Å². The zero-order valence-electron chi connectivity index (χ0n) is 15.2. The molecule has 1 aliphatic rings. The Labute approximate surface area is 170 Å². The van der Waals surface area contributed by atoms with Gasteiger partial charge in [-0.3, -0.25) is 4.79 Å². The molecule has 0 aromatic carbocycles. The Morgan fingerprint density at radius 3 is 2.62 bits per heavy atom. The molecule has 0 bridgehead atoms. The molecule has 4 rings (SSSR count). The third kappa shape index (κ3) is 4.29. The molecule has 0 aliphatic carbocycles. The van der Waals surface area contributed by atoms with E-state index in [9.17, 15) is 18.0 Å². The first-order valence-electron chi connectivity index (χ1n) is 8.84. The van der Waals surface area contributed by atoms with Crippen LogP contribution in [0.3, 0.4) is 0 Å². The van der Waals surface area contributed by atoms with Crippen LogP contribution in [0.1, 0.15) is 22.7 Å². The van der Waals surface area contributed by atoms with Gasteiger partial charge in [0, 0.05) is 37.8 Å². The fourth-order valence-corrected chi connectivity index (χ4v) is 3.34. The van der Waals surface area contributed by atoms with E-state index in [-0.39, 0.29) is 23.8 Å². The number of hydrogen-bond acceptors (Lipinski definition) is 5. The van der Waals surface area contributed by atoms with Crippen molar-refractivity contribution in [1.29, 1.82) is 0 Å². The molecule has 0 unspecified atom stereocenters. The highest BCUT2D eigenvalue weighted by Gasteiger charge is 2.32. The first-order chi connectivity index (χ1) is 13.4. The van der Waals surface area contributed by atoms with Gasteiger partial charge in [0.1, 0.15) is 11.5 Å². The van der Waals surface area contributed by atoms with Crippen molar-refractivity contribution in [3.8, 4) is 0 Å². The molecule has 3 aromatic heterocycles. The largest absolute Gasteiger partial charge is 0.459 e. The molecular formula is C19H18ClF3N4O2. The van der Waals surface area contributed by atoms with Crippen LogP contribution < -0.4 is 4.90 Å². The number of nitrogens with zero attached hydrogens (tertiary/aromatic N) is 4. The summed E-state index contributed by atoms with van der Waals surface area (Å²) in [6, 6.07) is 7.14. The number of hydrogen-bond donors (Lipinski definition) is 0. The third-order valence-corrected chi connectivity index (χ3v) is 4.70. The maximum Gasteiger partial charge on any atom is 0.433 e. The second-order valence-electron chi connectivity index (χ2n) is 6.51. The van der Waals surface area contributed by atoms with Crippen molar-refractivity contribution in [2.45, 2.75) is 12.6 Å². The van der Waals surface area contributed by atoms with Crippen molar-refractivity contribution in [3.05, 3.63) is 54.2 Å². The summed E-state index contributed by atoms with van der Waals surface area (Å²) in [5.41, 5.74) is -0.684. The smallest absolute Gasteiger partial charge is 0.433 e. The summed E-state index contributed by atoms with van der Waals surface area (Å²) in [4.78, 5) is 24.3. The molecule has 1 amide bonds. The van der Waals surface area contributed by atoms with Gasteiger partial charge in [-0.1, -0.05) is 0 Å². The van der Waals surface area contributed by atoms with Gasteiger partial charge in [-0.15, -0.1) is 12.4 Å². The van der Waals surface area contributed by atoms with Crippen LogP contribution in [-0.2, 0) is 6.18 Å². The zero-order chi connectivity index (χ0) is 19.7. The van der Waals surface area contributed by atoms with E-state index in [4.69, 9.17) is 4.42 Å². The molecule has 3 aromatic rings. The Morgan fingerprint density at radius 2 is 1.90 bits per heavy atom. The fourth-order valence-electron chi connectivity index (χ4n) is 3.34. The quantitative estimate of drug-likeness (QED) is 0.619. The van der Waals surface area contributed by atoms with Gasteiger partial charge in [0.05, 0.1) is 11.8 Å². The van der Waals surface area contributed by atoms with Gasteiger partial charge in [0.2, 0.25) is 0 Å². The van der Waals surface area contributed by atoms with Crippen LogP contribution in [0.2, 0.25) is 0 Å². The van der Waals surface area contributed by atoms with Gasteiger partial charge in [0.25, 0.3) is 5.91 Å². The Morgan fingerprint density at radius 1 is 1.07 bits per heavy atom. The predicted octanol–water partition coefficient (Wildman–Crippen LogP) is 4.02. The monoisotopic (exact) mass is 426 g/mol. The lowest BCUT2D eigenvalue weighted by atomic mass is 10.2. The topological polar surface area (TPSA) is 62.5 Å². The summed E-state index contributed by atoms with van der Waals surface area (Å²) in [5, 5.41) is 0.557. The molecule has 10 heteroatoms. The number of furan rings is 1. The number of amides is 1. The molecule has 0 saturated carbocycles. The summed E-state index contributed by atoms with van der Waals surface area (Å²) >= 11 is 0. The average molecular weight is 427 g/mol. The molecule has 29 heavy (non-hydrogen) atoms. The summed E-state index contributed by atoms with van der Waals surface area (Å²) in [6.07, 6.45) is -0.868. The molecule has 6 nitrogen and oxygen atoms in total. The van der Waals surface area contributed by atoms with E-state index in [0.29, 0.717) is 49.6 Å². The zero-order valence-corrected chi connectivity index (χ0v) is 16.0. The fraction of sp³-hybridized carbons (Fsp3) is 0.316. The first-order valence-corrected chi connectivity index (χ1v) is 8.84. The number of anilines is 1. The minimum atomic E-state index is -4.49. The average Bonchev–Trinajstić information content (AvgIpc) is 3.11. The molecule has 0 radical (unpaired) electrons. The van der Waals surface area contributed by atoms with Crippen molar-refractivity contribution < 1.29 is 22.4 Å². The number of aromatic nitrogens is 2. The van der Waals surface area contributed by atoms with Gasteiger partial charge in [-0.2, -0.15) is 13.2 Å². The highest BCUT2D eigenvalue weighted by Crippen LogP contribution is 2.31. The van der Waals surface area contributed by atoms with Gasteiger partial charge in [-0.25, -0.2) is 9.97 Å². The molecule has 1 aliphatic heterocycles. The number of alkyl halides is 3. The van der Waals surface area contributed by atoms with E-state index >= 15 is 0 Å². The van der Waals surface area contributed by atoms with E-state index in [1.165, 1.54) is 24.6 Å². The van der Waals surface area contributed by atoms with Crippen molar-refractivity contribution in [1.82, 2.24) is 14.9 Å². The summed E-state index contributed by atoms with van der Waals surface area (Å²) in [6.45, 7) is 2.18. The van der Waals surface area contributed by atoms with Gasteiger partial charge in [0.15, 0.2) is 5.76 Å². The van der Waals surface area contributed by atoms with Crippen molar-refractivity contribution >= 4 is 35.0 Å². The number of carbonyl (C=O) groups is 1. The van der Waals surface area contributed by atoms with E-state index < -0.39 is 11.9 Å². The lowest BCUT2D eigenvalue weighted by Gasteiger charge is -2.23. The number of halogens is 4. The van der Waals surface area contributed by atoms with Crippen LogP contribution in [0.15, 0.2) is 47.2 Å². The standard InChI is InChI=1S/C19H17F3N4O2.ClH/c20-19(21,22)16-5-4-13-14(24-16)6-7-23-17(13)25-8-2-9-26(11-10-25)18(27)15-3-1-12-28-15;/h1,3-7,12H,2,8-11H2;1H. The summed E-state index contributed by atoms with van der Waals surface area (Å²) < 4.78 is 44.0. The maximum absolute atomic E-state index is 12.9. The van der Waals surface area contributed by atoms with E-state index in [1.807, 2.05) is 4.90 Å². The Kier molecular flexibility index (Phi) is 5.97. The normalized spacial score (nSPS) is 15.1. The van der Waals surface area contributed by atoms with Crippen LogP contribution in [0, 0.1) is 0 Å². The summed E-state index contributed by atoms with van der Waals surface area (Å²) in [7, 11) is 0. The van der Waals surface area contributed by atoms with E-state index in [1.54, 1.807) is 17.0 Å². The molecule has 1 fully saturated rings. The van der Waals surface area contributed by atoms with Gasteiger partial charge >= 0.3 is 6.18 Å². The summed E-state index contributed by atoms with van der Waals surface area (Å²) in [5.74, 6) is 0.695. The lowest BCUT2D eigenvalue weighted by molar-refractivity contribution is -0.140. The second-order valence-corrected chi connectivity index (χ2v) is 6.51. The first kappa shape index (κ1) is 20.9. The van der Waals surface area contributed by atoms with Crippen LogP contribution in [0.5, 0.6) is 0 Å². The number of fused-ring (bicyclic) bond motifs is 1.